The van der Waals surface area contributed by atoms with Gasteiger partial charge < -0.3 is 20.1 Å². The summed E-state index contributed by atoms with van der Waals surface area (Å²) in [4.78, 5) is 14.7. The zero-order chi connectivity index (χ0) is 14.5. The van der Waals surface area contributed by atoms with Crippen LogP contribution in [-0.2, 0) is 14.3 Å². The first kappa shape index (κ1) is 16.4. The summed E-state index contributed by atoms with van der Waals surface area (Å²) < 4.78 is 10.3. The third kappa shape index (κ3) is 3.68. The van der Waals surface area contributed by atoms with Gasteiger partial charge in [-0.2, -0.15) is 0 Å². The molecule has 0 bridgehead atoms. The Hall–Kier alpha value is -0.650. The number of nitrogens with zero attached hydrogens (tertiary/aromatic N) is 1. The van der Waals surface area contributed by atoms with Crippen molar-refractivity contribution in [2.75, 3.05) is 34.0 Å². The molecule has 0 aromatic carbocycles. The molecule has 1 aliphatic carbocycles. The second-order valence-corrected chi connectivity index (χ2v) is 5.71. The lowest BCUT2D eigenvalue weighted by Crippen LogP contribution is -2.53. The third-order valence-electron chi connectivity index (χ3n) is 4.26. The fourth-order valence-corrected chi connectivity index (χ4v) is 2.83. The molecule has 5 heteroatoms. The molecule has 1 aliphatic rings. The van der Waals surface area contributed by atoms with Crippen LogP contribution in [-0.4, -0.2) is 56.9 Å². The minimum atomic E-state index is -0.435. The Bertz CT molecular complexity index is 298. The average Bonchev–Trinajstić information content (AvgIpc) is 2.71. The summed E-state index contributed by atoms with van der Waals surface area (Å²) in [5, 5.41) is 0. The van der Waals surface area contributed by atoms with Crippen molar-refractivity contribution in [1.82, 2.24) is 4.90 Å². The van der Waals surface area contributed by atoms with Crippen LogP contribution in [0.4, 0.5) is 0 Å². The summed E-state index contributed by atoms with van der Waals surface area (Å²) in [6, 6.07) is -0.00272. The zero-order valence-corrected chi connectivity index (χ0v) is 12.6. The van der Waals surface area contributed by atoms with E-state index in [9.17, 15) is 4.79 Å². The molecular weight excluding hydrogens is 244 g/mol. The lowest BCUT2D eigenvalue weighted by molar-refractivity contribution is -0.145. The average molecular weight is 272 g/mol. The smallest absolute Gasteiger partial charge is 0.230 e. The number of hydrogen-bond donors (Lipinski definition) is 1. The molecule has 0 aromatic rings. The van der Waals surface area contributed by atoms with E-state index in [0.29, 0.717) is 19.8 Å². The molecule has 0 aromatic heterocycles. The third-order valence-corrected chi connectivity index (χ3v) is 4.26. The van der Waals surface area contributed by atoms with E-state index in [1.807, 2.05) is 18.7 Å². The summed E-state index contributed by atoms with van der Waals surface area (Å²) in [6.07, 6.45) is 2.83. The molecule has 0 spiro atoms. The van der Waals surface area contributed by atoms with E-state index in [0.717, 1.165) is 19.3 Å². The molecule has 0 radical (unpaired) electrons. The fourth-order valence-electron chi connectivity index (χ4n) is 2.83. The maximum Gasteiger partial charge on any atom is 0.230 e. The van der Waals surface area contributed by atoms with Crippen LogP contribution in [0.15, 0.2) is 0 Å². The van der Waals surface area contributed by atoms with E-state index in [-0.39, 0.29) is 18.0 Å². The van der Waals surface area contributed by atoms with E-state index >= 15 is 0 Å². The van der Waals surface area contributed by atoms with Gasteiger partial charge in [-0.05, 0) is 26.7 Å². The topological polar surface area (TPSA) is 64.8 Å². The van der Waals surface area contributed by atoms with Gasteiger partial charge in [-0.15, -0.1) is 0 Å². The van der Waals surface area contributed by atoms with Gasteiger partial charge in [0.1, 0.15) is 0 Å². The Morgan fingerprint density at radius 3 is 2.63 bits per heavy atom. The van der Waals surface area contributed by atoms with Crippen molar-refractivity contribution < 1.29 is 14.3 Å². The molecule has 1 amide bonds. The number of carbonyl (C=O) groups is 1. The van der Waals surface area contributed by atoms with Crippen molar-refractivity contribution in [2.24, 2.45) is 11.1 Å². The van der Waals surface area contributed by atoms with E-state index in [2.05, 4.69) is 0 Å². The highest BCUT2D eigenvalue weighted by Gasteiger charge is 2.45. The van der Waals surface area contributed by atoms with Crippen LogP contribution in [0.3, 0.4) is 0 Å². The molecule has 1 fully saturated rings. The molecule has 0 heterocycles. The number of methoxy groups -OCH3 is 2. The van der Waals surface area contributed by atoms with E-state index < -0.39 is 5.41 Å². The Balaban J connectivity index is 2.80. The number of rotatable bonds is 7. The summed E-state index contributed by atoms with van der Waals surface area (Å²) in [5.74, 6) is 0.138. The second-order valence-electron chi connectivity index (χ2n) is 5.71. The van der Waals surface area contributed by atoms with Gasteiger partial charge in [-0.3, -0.25) is 4.79 Å². The molecule has 2 N–H and O–H groups in total. The van der Waals surface area contributed by atoms with E-state index in [1.165, 1.54) is 0 Å². The molecule has 0 saturated heterocycles. The Kier molecular flexibility index (Phi) is 6.23. The standard InChI is InChI=1S/C14H28N2O3/c1-11(10-19-4)16(8-9-18-3)13(17)14(2)7-5-6-12(14)15/h11-12H,5-10,15H2,1-4H3. The molecular formula is C14H28N2O3. The van der Waals surface area contributed by atoms with Crippen LogP contribution in [0.2, 0.25) is 0 Å². The van der Waals surface area contributed by atoms with Crippen LogP contribution in [0, 0.1) is 5.41 Å². The highest BCUT2D eigenvalue weighted by molar-refractivity contribution is 5.83. The number of carbonyl (C=O) groups excluding carboxylic acids is 1. The highest BCUT2D eigenvalue weighted by atomic mass is 16.5. The summed E-state index contributed by atoms with van der Waals surface area (Å²) in [5.41, 5.74) is 5.71. The summed E-state index contributed by atoms with van der Waals surface area (Å²) >= 11 is 0. The minimum absolute atomic E-state index is 0.0391. The van der Waals surface area contributed by atoms with Crippen LogP contribution < -0.4 is 5.73 Å². The maximum absolute atomic E-state index is 12.8. The molecule has 3 unspecified atom stereocenters. The first-order valence-corrected chi connectivity index (χ1v) is 7.02. The highest BCUT2D eigenvalue weighted by Crippen LogP contribution is 2.38. The molecule has 112 valence electrons. The van der Waals surface area contributed by atoms with Gasteiger partial charge in [-0.1, -0.05) is 6.42 Å². The van der Waals surface area contributed by atoms with Gasteiger partial charge >= 0.3 is 0 Å². The molecule has 1 saturated carbocycles. The Labute approximate surface area is 116 Å². The number of amides is 1. The quantitative estimate of drug-likeness (QED) is 0.751. The number of hydrogen-bond acceptors (Lipinski definition) is 4. The van der Waals surface area contributed by atoms with Gasteiger partial charge in [0.15, 0.2) is 0 Å². The molecule has 0 aliphatic heterocycles. The van der Waals surface area contributed by atoms with Crippen molar-refractivity contribution in [2.45, 2.75) is 45.2 Å². The normalized spacial score (nSPS) is 28.4. The first-order chi connectivity index (χ1) is 8.97. The zero-order valence-electron chi connectivity index (χ0n) is 12.6. The van der Waals surface area contributed by atoms with Crippen molar-refractivity contribution in [3.05, 3.63) is 0 Å². The Morgan fingerprint density at radius 2 is 2.16 bits per heavy atom. The van der Waals surface area contributed by atoms with Crippen LogP contribution >= 0.6 is 0 Å². The second kappa shape index (κ2) is 7.22. The van der Waals surface area contributed by atoms with Crippen molar-refractivity contribution in [3.63, 3.8) is 0 Å². The molecule has 19 heavy (non-hydrogen) atoms. The van der Waals surface area contributed by atoms with Gasteiger partial charge in [0.25, 0.3) is 0 Å². The maximum atomic E-state index is 12.8. The molecule has 1 rings (SSSR count). The first-order valence-electron chi connectivity index (χ1n) is 7.02. The van der Waals surface area contributed by atoms with Gasteiger partial charge in [0.05, 0.1) is 24.7 Å². The van der Waals surface area contributed by atoms with Crippen molar-refractivity contribution in [3.8, 4) is 0 Å². The number of ether oxygens (including phenoxy) is 2. The molecule has 5 nitrogen and oxygen atoms in total. The number of nitrogens with two attached hydrogens (primary N) is 1. The monoisotopic (exact) mass is 272 g/mol. The largest absolute Gasteiger partial charge is 0.383 e. The van der Waals surface area contributed by atoms with Crippen LogP contribution in [0.25, 0.3) is 0 Å². The van der Waals surface area contributed by atoms with E-state index in [1.54, 1.807) is 14.2 Å². The lowest BCUT2D eigenvalue weighted by atomic mass is 9.83. The summed E-state index contributed by atoms with van der Waals surface area (Å²) in [6.45, 7) is 5.64. The van der Waals surface area contributed by atoms with Crippen LogP contribution in [0.5, 0.6) is 0 Å². The predicted octanol–water partition coefficient (Wildman–Crippen LogP) is 1.01. The van der Waals surface area contributed by atoms with E-state index in [4.69, 9.17) is 15.2 Å². The van der Waals surface area contributed by atoms with Gasteiger partial charge in [-0.25, -0.2) is 0 Å². The fraction of sp³-hybridized carbons (Fsp3) is 0.929. The SMILES string of the molecule is COCCN(C(=O)C1(C)CCCC1N)C(C)COC. The predicted molar refractivity (Wildman–Crippen MR) is 74.9 cm³/mol. The lowest BCUT2D eigenvalue weighted by Gasteiger charge is -2.37. The summed E-state index contributed by atoms with van der Waals surface area (Å²) in [7, 11) is 3.30. The van der Waals surface area contributed by atoms with Gasteiger partial charge in [0, 0.05) is 26.8 Å². The molecule has 3 atom stereocenters. The minimum Gasteiger partial charge on any atom is -0.383 e. The van der Waals surface area contributed by atoms with Crippen molar-refractivity contribution in [1.29, 1.82) is 0 Å². The van der Waals surface area contributed by atoms with Crippen LogP contribution in [0.1, 0.15) is 33.1 Å². The van der Waals surface area contributed by atoms with Crippen molar-refractivity contribution >= 4 is 5.91 Å². The Morgan fingerprint density at radius 1 is 1.47 bits per heavy atom. The van der Waals surface area contributed by atoms with Gasteiger partial charge in [0.2, 0.25) is 5.91 Å².